The summed E-state index contributed by atoms with van der Waals surface area (Å²) >= 11 is 0. The van der Waals surface area contributed by atoms with Crippen molar-refractivity contribution in [2.45, 2.75) is 33.4 Å². The first-order valence-electron chi connectivity index (χ1n) is 7.96. The van der Waals surface area contributed by atoms with Crippen molar-refractivity contribution in [1.29, 1.82) is 0 Å². The minimum absolute atomic E-state index is 0.140. The number of aromatic nitrogens is 1. The molecule has 0 aliphatic heterocycles. The lowest BCUT2D eigenvalue weighted by atomic mass is 10.0. The number of para-hydroxylation sites is 1. The zero-order valence-electron chi connectivity index (χ0n) is 14.1. The van der Waals surface area contributed by atoms with Crippen LogP contribution in [0.25, 0.3) is 10.9 Å². The Bertz CT molecular complexity index is 844. The molecule has 3 aromatic rings. The van der Waals surface area contributed by atoms with E-state index in [-0.39, 0.29) is 11.8 Å². The van der Waals surface area contributed by atoms with Gasteiger partial charge >= 0.3 is 0 Å². The molecule has 0 amide bonds. The van der Waals surface area contributed by atoms with Gasteiger partial charge in [-0.2, -0.15) is 0 Å². The van der Waals surface area contributed by atoms with Gasteiger partial charge in [0.05, 0.1) is 12.6 Å². The maximum atomic E-state index is 13.0. The van der Waals surface area contributed by atoms with Gasteiger partial charge in [0.1, 0.15) is 18.3 Å². The van der Waals surface area contributed by atoms with E-state index in [0.717, 1.165) is 38.6 Å². The number of likely N-dealkylation sites (N-methyl/N-ethyl adjacent to an activating group) is 1. The van der Waals surface area contributed by atoms with Crippen molar-refractivity contribution in [1.82, 2.24) is 4.98 Å². The predicted molar refractivity (Wildman–Crippen MR) is 90.9 cm³/mol. The number of hydrogen-bond acceptors (Lipinski definition) is 2. The zero-order valence-corrected chi connectivity index (χ0v) is 14.1. The number of furan rings is 1. The quantitative estimate of drug-likeness (QED) is 0.712. The Morgan fingerprint density at radius 3 is 2.65 bits per heavy atom. The van der Waals surface area contributed by atoms with Crippen molar-refractivity contribution in [3.63, 3.8) is 0 Å². The largest absolute Gasteiger partial charge is 0.460 e. The topological polar surface area (TPSA) is 50.4 Å². The smallest absolute Gasteiger partial charge is 0.222 e. The highest BCUT2D eigenvalue weighted by atomic mass is 16.3. The Balaban J connectivity index is 1.84. The van der Waals surface area contributed by atoms with E-state index >= 15 is 0 Å². The Morgan fingerprint density at radius 1 is 1.22 bits per heavy atom. The monoisotopic (exact) mass is 311 g/mol. The van der Waals surface area contributed by atoms with Crippen molar-refractivity contribution in [2.24, 2.45) is 0 Å². The van der Waals surface area contributed by atoms with Crippen LogP contribution in [0.15, 0.2) is 40.8 Å². The molecule has 4 heteroatoms. The molecule has 3 rings (SSSR count). The van der Waals surface area contributed by atoms with E-state index in [9.17, 15) is 4.79 Å². The first-order chi connectivity index (χ1) is 11.0. The van der Waals surface area contributed by atoms with Crippen molar-refractivity contribution < 1.29 is 14.1 Å². The van der Waals surface area contributed by atoms with Crippen LogP contribution in [0.4, 0.5) is 0 Å². The third kappa shape index (κ3) is 2.94. The van der Waals surface area contributed by atoms with E-state index in [2.05, 4.69) is 4.98 Å². The van der Waals surface area contributed by atoms with Gasteiger partial charge in [-0.3, -0.25) is 4.79 Å². The number of hydrogen-bond donors (Lipinski definition) is 2. The van der Waals surface area contributed by atoms with Crippen molar-refractivity contribution in [2.75, 3.05) is 7.05 Å². The first kappa shape index (κ1) is 15.6. The van der Waals surface area contributed by atoms with Crippen LogP contribution < -0.4 is 4.90 Å². The number of carbonyl (C=O) groups excluding carboxylic acids is 1. The molecule has 2 atom stereocenters. The van der Waals surface area contributed by atoms with Crippen LogP contribution in [0.3, 0.4) is 0 Å². The molecule has 0 bridgehead atoms. The molecule has 4 nitrogen and oxygen atoms in total. The Labute approximate surface area is 136 Å². The second kappa shape index (κ2) is 6.05. The van der Waals surface area contributed by atoms with Crippen molar-refractivity contribution in [3.8, 4) is 0 Å². The number of quaternary nitrogens is 1. The molecule has 0 aliphatic rings. The van der Waals surface area contributed by atoms with Gasteiger partial charge in [-0.15, -0.1) is 0 Å². The normalized spacial score (nSPS) is 14.1. The van der Waals surface area contributed by atoms with Crippen LogP contribution in [-0.2, 0) is 6.54 Å². The van der Waals surface area contributed by atoms with E-state index < -0.39 is 0 Å². The summed E-state index contributed by atoms with van der Waals surface area (Å²) in [6.07, 6.45) is 0. The molecule has 0 fully saturated rings. The number of H-pyrrole nitrogens is 1. The Hall–Kier alpha value is -2.33. The molecule has 0 spiro atoms. The molecule has 0 saturated carbocycles. The van der Waals surface area contributed by atoms with Crippen LogP contribution >= 0.6 is 0 Å². The fourth-order valence-corrected chi connectivity index (χ4v) is 3.04. The summed E-state index contributed by atoms with van der Waals surface area (Å²) in [6, 6.07) is 11.8. The molecule has 0 aliphatic carbocycles. The Kier molecular flexibility index (Phi) is 4.09. The van der Waals surface area contributed by atoms with Crippen LogP contribution in [0, 0.1) is 13.8 Å². The molecule has 0 saturated heterocycles. The molecular weight excluding hydrogens is 288 g/mol. The molecule has 23 heavy (non-hydrogen) atoms. The number of carbonyl (C=O) groups is 1. The number of ketones is 1. The maximum absolute atomic E-state index is 13.0. The summed E-state index contributed by atoms with van der Waals surface area (Å²) in [7, 11) is 2.03. The van der Waals surface area contributed by atoms with E-state index in [1.807, 2.05) is 64.2 Å². The number of Topliss-reactive ketones (excluding diaryl/α,β-unsaturated/α-hetero) is 1. The first-order valence-corrected chi connectivity index (χ1v) is 7.96. The second-order valence-electron chi connectivity index (χ2n) is 6.29. The molecule has 2 N–H and O–H groups in total. The van der Waals surface area contributed by atoms with Gasteiger partial charge < -0.3 is 14.3 Å². The van der Waals surface area contributed by atoms with Gasteiger partial charge in [-0.25, -0.2) is 0 Å². The average molecular weight is 311 g/mol. The minimum Gasteiger partial charge on any atom is -0.460 e. The molecule has 2 heterocycles. The number of nitrogens with one attached hydrogen (secondary N) is 2. The number of benzene rings is 1. The van der Waals surface area contributed by atoms with E-state index in [1.54, 1.807) is 0 Å². The molecule has 120 valence electrons. The fourth-order valence-electron chi connectivity index (χ4n) is 3.04. The third-order valence-electron chi connectivity index (χ3n) is 4.52. The summed E-state index contributed by atoms with van der Waals surface area (Å²) in [6.45, 7) is 6.57. The number of rotatable bonds is 5. The fraction of sp³-hybridized carbons (Fsp3) is 0.316. The lowest BCUT2D eigenvalue weighted by Gasteiger charge is -2.19. The van der Waals surface area contributed by atoms with Crippen molar-refractivity contribution in [3.05, 3.63) is 59.2 Å². The van der Waals surface area contributed by atoms with Crippen LogP contribution in [-0.4, -0.2) is 23.9 Å². The zero-order chi connectivity index (χ0) is 16.6. The summed E-state index contributed by atoms with van der Waals surface area (Å²) in [5.74, 6) is 1.98. The van der Waals surface area contributed by atoms with Crippen molar-refractivity contribution >= 4 is 16.7 Å². The molecule has 2 aromatic heterocycles. The highest BCUT2D eigenvalue weighted by Gasteiger charge is 2.27. The third-order valence-corrected chi connectivity index (χ3v) is 4.52. The minimum atomic E-state index is -0.140. The summed E-state index contributed by atoms with van der Waals surface area (Å²) in [5.41, 5.74) is 2.76. The van der Waals surface area contributed by atoms with Crippen LogP contribution in [0.1, 0.15) is 34.5 Å². The van der Waals surface area contributed by atoms with Gasteiger partial charge in [0, 0.05) is 16.6 Å². The molecular formula is C19H23N2O2+. The summed E-state index contributed by atoms with van der Waals surface area (Å²) < 4.78 is 5.63. The summed E-state index contributed by atoms with van der Waals surface area (Å²) in [5, 5.41) is 1.00. The van der Waals surface area contributed by atoms with E-state index in [1.165, 1.54) is 0 Å². The van der Waals surface area contributed by atoms with Gasteiger partial charge in [-0.05, 0) is 39.0 Å². The number of aryl methyl sites for hydroxylation is 2. The Morgan fingerprint density at radius 2 is 1.96 bits per heavy atom. The lowest BCUT2D eigenvalue weighted by molar-refractivity contribution is -0.908. The molecule has 1 unspecified atom stereocenters. The maximum Gasteiger partial charge on any atom is 0.222 e. The van der Waals surface area contributed by atoms with Gasteiger partial charge in [0.25, 0.3) is 0 Å². The van der Waals surface area contributed by atoms with Gasteiger partial charge in [-0.1, -0.05) is 18.2 Å². The highest BCUT2D eigenvalue weighted by Crippen LogP contribution is 2.22. The molecule has 1 aromatic carbocycles. The SMILES string of the molecule is Cc1ccc(C[NH+](C)[C@@H](C)C(=O)c2c(C)[nH]c3ccccc23)o1. The second-order valence-corrected chi connectivity index (χ2v) is 6.29. The standard InChI is InChI=1S/C19H22N2O2/c1-12-9-10-15(23-12)11-21(4)14(3)19(22)18-13(2)20-17-8-6-5-7-16(17)18/h5-10,14,20H,11H2,1-4H3/p+1/t14-/m0/s1. The average Bonchev–Trinajstić information content (AvgIpc) is 3.07. The predicted octanol–water partition coefficient (Wildman–Crippen LogP) is 2.66. The van der Waals surface area contributed by atoms with Crippen LogP contribution in [0.2, 0.25) is 0 Å². The number of fused-ring (bicyclic) bond motifs is 1. The number of aromatic amines is 1. The summed E-state index contributed by atoms with van der Waals surface area (Å²) in [4.78, 5) is 17.4. The van der Waals surface area contributed by atoms with E-state index in [0.29, 0.717) is 6.54 Å². The van der Waals surface area contributed by atoms with Crippen LogP contribution in [0.5, 0.6) is 0 Å². The highest BCUT2D eigenvalue weighted by molar-refractivity contribution is 6.10. The van der Waals surface area contributed by atoms with E-state index in [4.69, 9.17) is 4.42 Å². The van der Waals surface area contributed by atoms with Gasteiger partial charge in [0.15, 0.2) is 5.76 Å². The molecule has 0 radical (unpaired) electrons. The van der Waals surface area contributed by atoms with Gasteiger partial charge in [0.2, 0.25) is 5.78 Å². The lowest BCUT2D eigenvalue weighted by Crippen LogP contribution is -3.12.